The van der Waals surface area contributed by atoms with E-state index in [1.807, 2.05) is 0 Å². The van der Waals surface area contributed by atoms with Crippen LogP contribution in [-0.2, 0) is 14.3 Å². The van der Waals surface area contributed by atoms with Crippen LogP contribution >= 0.6 is 0 Å². The zero-order valence-electron chi connectivity index (χ0n) is 50.5. The number of aliphatic hydroxyl groups is 2. The van der Waals surface area contributed by atoms with E-state index in [0.717, 1.165) is 51.4 Å². The van der Waals surface area contributed by atoms with Gasteiger partial charge in [0, 0.05) is 12.8 Å². The van der Waals surface area contributed by atoms with Crippen LogP contribution in [0, 0.1) is 0 Å². The Hall–Kier alpha value is -1.92. The van der Waals surface area contributed by atoms with Crippen molar-refractivity contribution in [3.63, 3.8) is 0 Å². The van der Waals surface area contributed by atoms with E-state index < -0.39 is 12.1 Å². The number of allylic oxidation sites excluding steroid dienone is 6. The highest BCUT2D eigenvalue weighted by Gasteiger charge is 2.20. The normalized spacial score (nSPS) is 12.7. The minimum absolute atomic E-state index is 0.000599. The van der Waals surface area contributed by atoms with E-state index in [-0.39, 0.29) is 18.5 Å². The lowest BCUT2D eigenvalue weighted by molar-refractivity contribution is -0.143. The highest BCUT2D eigenvalue weighted by atomic mass is 16.5. The van der Waals surface area contributed by atoms with E-state index in [2.05, 4.69) is 55.6 Å². The molecule has 0 aliphatic rings. The van der Waals surface area contributed by atoms with Gasteiger partial charge < -0.3 is 20.3 Å². The SMILES string of the molecule is CCCCC/C=C\C/C=C\CCCCCCCC(=O)OCCCCCCCCCCCCCC/C=C\CCCCCCCCCCCCC(=O)NC(CO)C(O)CCCCCCCCCCCCCCCCCCC. The second kappa shape index (κ2) is 64.6. The predicted molar refractivity (Wildman–Crippen MR) is 329 cm³/mol. The highest BCUT2D eigenvalue weighted by Crippen LogP contribution is 2.18. The van der Waals surface area contributed by atoms with Gasteiger partial charge in [0.15, 0.2) is 0 Å². The van der Waals surface area contributed by atoms with Gasteiger partial charge in [-0.25, -0.2) is 0 Å². The van der Waals surface area contributed by atoms with E-state index in [0.29, 0.717) is 25.9 Å². The number of ether oxygens (including phenoxy) is 1. The maximum atomic E-state index is 12.5. The second-order valence-corrected chi connectivity index (χ2v) is 23.1. The maximum absolute atomic E-state index is 12.5. The van der Waals surface area contributed by atoms with Crippen molar-refractivity contribution in [2.24, 2.45) is 0 Å². The van der Waals surface area contributed by atoms with Crippen molar-refractivity contribution >= 4 is 11.9 Å². The number of amides is 1. The molecule has 0 rings (SSSR count). The Kier molecular flexibility index (Phi) is 63.0. The molecule has 0 spiro atoms. The Morgan fingerprint density at radius 2 is 0.667 bits per heavy atom. The smallest absolute Gasteiger partial charge is 0.305 e. The molecule has 6 heteroatoms. The summed E-state index contributed by atoms with van der Waals surface area (Å²) in [5.41, 5.74) is 0. The van der Waals surface area contributed by atoms with Gasteiger partial charge in [0.2, 0.25) is 5.91 Å². The molecule has 6 nitrogen and oxygen atoms in total. The highest BCUT2D eigenvalue weighted by molar-refractivity contribution is 5.76. The molecule has 0 aromatic heterocycles. The summed E-state index contributed by atoms with van der Waals surface area (Å²) in [7, 11) is 0. The van der Waals surface area contributed by atoms with Crippen molar-refractivity contribution in [2.45, 2.75) is 379 Å². The first kappa shape index (κ1) is 73.1. The summed E-state index contributed by atoms with van der Waals surface area (Å²) in [5, 5.41) is 23.4. The lowest BCUT2D eigenvalue weighted by atomic mass is 10.0. The summed E-state index contributed by atoms with van der Waals surface area (Å²) in [6.45, 7) is 4.94. The Balaban J connectivity index is 3.39. The van der Waals surface area contributed by atoms with Crippen molar-refractivity contribution in [2.75, 3.05) is 13.2 Å². The van der Waals surface area contributed by atoms with Crippen molar-refractivity contribution in [1.29, 1.82) is 0 Å². The number of rotatable bonds is 63. The molecule has 0 aromatic carbocycles. The molecule has 442 valence electrons. The first-order valence-corrected chi connectivity index (χ1v) is 33.7. The number of carbonyl (C=O) groups is 2. The van der Waals surface area contributed by atoms with Gasteiger partial charge in [-0.05, 0) is 83.5 Å². The van der Waals surface area contributed by atoms with Gasteiger partial charge in [-0.1, -0.05) is 307 Å². The minimum atomic E-state index is -0.666. The topological polar surface area (TPSA) is 95.9 Å². The molecule has 2 atom stereocenters. The molecule has 75 heavy (non-hydrogen) atoms. The maximum Gasteiger partial charge on any atom is 0.305 e. The van der Waals surface area contributed by atoms with Crippen molar-refractivity contribution < 1.29 is 24.5 Å². The average Bonchev–Trinajstić information content (AvgIpc) is 3.41. The van der Waals surface area contributed by atoms with Gasteiger partial charge >= 0.3 is 5.97 Å². The van der Waals surface area contributed by atoms with Crippen LogP contribution in [0.25, 0.3) is 0 Å². The van der Waals surface area contributed by atoms with E-state index in [4.69, 9.17) is 4.74 Å². The number of carbonyl (C=O) groups excluding carboxylic acids is 2. The van der Waals surface area contributed by atoms with Crippen molar-refractivity contribution in [3.05, 3.63) is 36.5 Å². The van der Waals surface area contributed by atoms with Gasteiger partial charge in [-0.15, -0.1) is 0 Å². The number of aliphatic hydroxyl groups excluding tert-OH is 2. The molecule has 0 aromatic rings. The van der Waals surface area contributed by atoms with Crippen LogP contribution < -0.4 is 5.32 Å². The van der Waals surface area contributed by atoms with E-state index in [1.165, 1.54) is 283 Å². The monoisotopic (exact) mass is 1050 g/mol. The van der Waals surface area contributed by atoms with Crippen LogP contribution in [-0.4, -0.2) is 47.4 Å². The molecule has 2 unspecified atom stereocenters. The molecule has 0 saturated heterocycles. The van der Waals surface area contributed by atoms with Crippen LogP contribution in [0.5, 0.6) is 0 Å². The number of esters is 1. The third-order valence-corrected chi connectivity index (χ3v) is 15.7. The Bertz CT molecular complexity index is 1210. The van der Waals surface area contributed by atoms with Crippen LogP contribution in [0.3, 0.4) is 0 Å². The van der Waals surface area contributed by atoms with Gasteiger partial charge in [0.25, 0.3) is 0 Å². The van der Waals surface area contributed by atoms with Gasteiger partial charge in [-0.3, -0.25) is 9.59 Å². The fourth-order valence-electron chi connectivity index (χ4n) is 10.5. The first-order chi connectivity index (χ1) is 37.0. The summed E-state index contributed by atoms with van der Waals surface area (Å²) < 4.78 is 5.48. The molecule has 1 amide bonds. The van der Waals surface area contributed by atoms with E-state index in [1.54, 1.807) is 0 Å². The summed E-state index contributed by atoms with van der Waals surface area (Å²) in [5.74, 6) is -0.0337. The van der Waals surface area contributed by atoms with Crippen molar-refractivity contribution in [3.8, 4) is 0 Å². The quantitative estimate of drug-likeness (QED) is 0.0320. The third kappa shape index (κ3) is 61.2. The molecule has 0 saturated carbocycles. The molecular formula is C69H131NO5. The second-order valence-electron chi connectivity index (χ2n) is 23.1. The molecule has 0 radical (unpaired) electrons. The van der Waals surface area contributed by atoms with Crippen LogP contribution in [0.4, 0.5) is 0 Å². The molecule has 3 N–H and O–H groups in total. The molecule has 0 fully saturated rings. The average molecular weight is 1050 g/mol. The molecule has 0 bridgehead atoms. The Morgan fingerprint density at radius 1 is 0.373 bits per heavy atom. The van der Waals surface area contributed by atoms with E-state index >= 15 is 0 Å². The molecule has 0 heterocycles. The minimum Gasteiger partial charge on any atom is -0.466 e. The lowest BCUT2D eigenvalue weighted by Gasteiger charge is -2.22. The fourth-order valence-corrected chi connectivity index (χ4v) is 10.5. The van der Waals surface area contributed by atoms with Gasteiger partial charge in [0.1, 0.15) is 0 Å². The van der Waals surface area contributed by atoms with Crippen molar-refractivity contribution in [1.82, 2.24) is 5.32 Å². The molecule has 0 aliphatic carbocycles. The summed E-state index contributed by atoms with van der Waals surface area (Å²) in [4.78, 5) is 24.6. The van der Waals surface area contributed by atoms with Crippen LogP contribution in [0.15, 0.2) is 36.5 Å². The Morgan fingerprint density at radius 3 is 1.05 bits per heavy atom. The fraction of sp³-hybridized carbons (Fsp3) is 0.884. The standard InChI is InChI=1S/C69H131NO5/c1-3-5-7-9-11-13-15-17-19-30-34-37-41-45-49-53-57-61-67(72)66(65-71)70-68(73)62-58-54-50-46-42-38-35-31-28-26-24-22-20-21-23-25-27-29-32-36-40-44-48-52-56-60-64-75-69(74)63-59-55-51-47-43-39-33-18-16-14-12-10-8-6-4-2/h12,14,18,20,22,33,66-67,71-72H,3-11,13,15-17,19,21,23-32,34-65H2,1-2H3,(H,70,73)/b14-12-,22-20-,33-18-. The lowest BCUT2D eigenvalue weighted by Crippen LogP contribution is -2.45. The zero-order chi connectivity index (χ0) is 54.3. The largest absolute Gasteiger partial charge is 0.466 e. The van der Waals surface area contributed by atoms with Crippen LogP contribution in [0.1, 0.15) is 367 Å². The predicted octanol–water partition coefficient (Wildman–Crippen LogP) is 21.5. The molecular weight excluding hydrogens is 923 g/mol. The first-order valence-electron chi connectivity index (χ1n) is 33.7. The van der Waals surface area contributed by atoms with E-state index in [9.17, 15) is 19.8 Å². The van der Waals surface area contributed by atoms with Gasteiger partial charge in [0.05, 0.1) is 25.4 Å². The molecule has 0 aliphatic heterocycles. The number of unbranched alkanes of at least 4 members (excludes halogenated alkanes) is 46. The summed E-state index contributed by atoms with van der Waals surface area (Å²) in [6, 6.07) is -0.543. The number of nitrogens with one attached hydrogen (secondary N) is 1. The van der Waals surface area contributed by atoms with Gasteiger partial charge in [-0.2, -0.15) is 0 Å². The number of hydrogen-bond acceptors (Lipinski definition) is 5. The number of hydrogen-bond donors (Lipinski definition) is 3. The Labute approximate surface area is 468 Å². The summed E-state index contributed by atoms with van der Waals surface area (Å²) in [6.07, 6.45) is 81.7. The summed E-state index contributed by atoms with van der Waals surface area (Å²) >= 11 is 0. The zero-order valence-corrected chi connectivity index (χ0v) is 50.5. The van der Waals surface area contributed by atoms with Crippen LogP contribution in [0.2, 0.25) is 0 Å². The third-order valence-electron chi connectivity index (χ3n) is 15.7.